The van der Waals surface area contributed by atoms with Gasteiger partial charge in [0.25, 0.3) is 0 Å². The minimum atomic E-state index is -3.39. The summed E-state index contributed by atoms with van der Waals surface area (Å²) < 4.78 is 25.0. The van der Waals surface area contributed by atoms with Crippen LogP contribution in [-0.2, 0) is 15.4 Å². The monoisotopic (exact) mass is 242 g/mol. The van der Waals surface area contributed by atoms with E-state index in [1.807, 2.05) is 20.8 Å². The lowest BCUT2D eigenvalue weighted by Gasteiger charge is -2.19. The van der Waals surface area contributed by atoms with Gasteiger partial charge in [0.1, 0.15) is 4.90 Å². The van der Waals surface area contributed by atoms with E-state index in [2.05, 4.69) is 4.98 Å². The molecule has 16 heavy (non-hydrogen) atoms. The highest BCUT2D eigenvalue weighted by molar-refractivity contribution is 7.89. The number of hydrogen-bond acceptors (Lipinski definition) is 3. The summed E-state index contributed by atoms with van der Waals surface area (Å²) >= 11 is 0. The maximum absolute atomic E-state index is 11.9. The summed E-state index contributed by atoms with van der Waals surface area (Å²) in [7, 11) is -0.363. The third-order valence-corrected chi connectivity index (χ3v) is 4.14. The molecule has 0 saturated carbocycles. The molecule has 0 aliphatic carbocycles. The van der Waals surface area contributed by atoms with E-state index in [1.54, 1.807) is 12.3 Å². The van der Waals surface area contributed by atoms with Crippen LogP contribution in [0.2, 0.25) is 0 Å². The van der Waals surface area contributed by atoms with Crippen LogP contribution in [-0.4, -0.2) is 31.8 Å². The van der Waals surface area contributed by atoms with Crippen molar-refractivity contribution in [3.05, 3.63) is 24.0 Å². The van der Waals surface area contributed by atoms with Crippen molar-refractivity contribution in [2.24, 2.45) is 0 Å². The quantitative estimate of drug-likeness (QED) is 0.792. The molecule has 0 spiro atoms. The minimum absolute atomic E-state index is 0.106. The average molecular weight is 242 g/mol. The first kappa shape index (κ1) is 13.1. The Morgan fingerprint density at radius 3 is 2.19 bits per heavy atom. The molecule has 1 heterocycles. The van der Waals surface area contributed by atoms with Crippen molar-refractivity contribution in [1.82, 2.24) is 9.29 Å². The van der Waals surface area contributed by atoms with Gasteiger partial charge in [0, 0.05) is 26.5 Å². The summed E-state index contributed by atoms with van der Waals surface area (Å²) in [6, 6.07) is 1.68. The molecule has 1 aromatic heterocycles. The van der Waals surface area contributed by atoms with E-state index in [1.165, 1.54) is 24.6 Å². The Hall–Kier alpha value is -0.940. The topological polar surface area (TPSA) is 50.3 Å². The second kappa shape index (κ2) is 4.14. The van der Waals surface area contributed by atoms with E-state index in [-0.39, 0.29) is 10.3 Å². The lowest BCUT2D eigenvalue weighted by Crippen LogP contribution is -2.23. The highest BCUT2D eigenvalue weighted by atomic mass is 32.2. The number of nitrogens with zero attached hydrogens (tertiary/aromatic N) is 2. The van der Waals surface area contributed by atoms with Gasteiger partial charge in [-0.25, -0.2) is 12.7 Å². The van der Waals surface area contributed by atoms with Crippen LogP contribution in [0.1, 0.15) is 26.3 Å². The van der Waals surface area contributed by atoms with Gasteiger partial charge in [-0.2, -0.15) is 0 Å². The molecule has 0 fully saturated rings. The summed E-state index contributed by atoms with van der Waals surface area (Å²) in [4.78, 5) is 4.23. The third kappa shape index (κ3) is 2.59. The third-order valence-electron chi connectivity index (χ3n) is 2.36. The largest absolute Gasteiger partial charge is 0.263 e. The molecule has 0 aromatic carbocycles. The molecule has 0 aliphatic rings. The van der Waals surface area contributed by atoms with Gasteiger partial charge in [-0.15, -0.1) is 0 Å². The molecule has 1 aromatic rings. The average Bonchev–Trinajstić information content (AvgIpc) is 2.16. The molecule has 0 saturated heterocycles. The maximum atomic E-state index is 11.9. The Kier molecular flexibility index (Phi) is 3.40. The Bertz CT molecular complexity index is 473. The van der Waals surface area contributed by atoms with Crippen LogP contribution in [0.5, 0.6) is 0 Å². The van der Waals surface area contributed by atoms with Gasteiger partial charge in [-0.05, 0) is 17.0 Å². The molecule has 0 atom stereocenters. The van der Waals surface area contributed by atoms with E-state index in [0.717, 1.165) is 5.56 Å². The molecular weight excluding hydrogens is 224 g/mol. The molecule has 0 unspecified atom stereocenters. The molecule has 1 rings (SSSR count). The molecule has 0 bridgehead atoms. The first-order valence-corrected chi connectivity index (χ1v) is 6.48. The van der Waals surface area contributed by atoms with Crippen molar-refractivity contribution in [2.75, 3.05) is 14.1 Å². The van der Waals surface area contributed by atoms with Crippen molar-refractivity contribution < 1.29 is 8.42 Å². The van der Waals surface area contributed by atoms with E-state index in [0.29, 0.717) is 0 Å². The molecule has 90 valence electrons. The highest BCUT2D eigenvalue weighted by Crippen LogP contribution is 2.24. The van der Waals surface area contributed by atoms with Crippen molar-refractivity contribution in [1.29, 1.82) is 0 Å². The molecule has 0 amide bonds. The molecule has 0 radical (unpaired) electrons. The van der Waals surface area contributed by atoms with Crippen LogP contribution in [0.15, 0.2) is 23.4 Å². The van der Waals surface area contributed by atoms with Crippen LogP contribution < -0.4 is 0 Å². The summed E-state index contributed by atoms with van der Waals surface area (Å²) in [5.41, 5.74) is 0.806. The molecule has 4 nitrogen and oxygen atoms in total. The number of rotatable bonds is 2. The molecular formula is C11H18N2O2S. The second-order valence-electron chi connectivity index (χ2n) is 4.95. The summed E-state index contributed by atoms with van der Waals surface area (Å²) in [5.74, 6) is 0. The Morgan fingerprint density at radius 1 is 1.19 bits per heavy atom. The van der Waals surface area contributed by atoms with Gasteiger partial charge in [-0.1, -0.05) is 20.8 Å². The summed E-state index contributed by atoms with van der Waals surface area (Å²) in [5, 5.41) is 0. The normalized spacial score (nSPS) is 13.1. The fourth-order valence-corrected chi connectivity index (χ4v) is 2.07. The standard InChI is InChI=1S/C11H18N2O2S/c1-11(2,3)9-6-10(8-12-7-9)16(14,15)13(4)5/h6-8H,1-5H3. The first-order chi connectivity index (χ1) is 7.15. The maximum Gasteiger partial charge on any atom is 0.244 e. The zero-order valence-electron chi connectivity index (χ0n) is 10.4. The van der Waals surface area contributed by atoms with E-state index < -0.39 is 10.0 Å². The van der Waals surface area contributed by atoms with Gasteiger partial charge in [0.05, 0.1) is 0 Å². The van der Waals surface area contributed by atoms with Crippen LogP contribution in [0.4, 0.5) is 0 Å². The number of pyridine rings is 1. The number of sulfonamides is 1. The number of hydrogen-bond donors (Lipinski definition) is 0. The summed E-state index contributed by atoms with van der Waals surface area (Å²) in [6.45, 7) is 6.07. The Balaban J connectivity index is 3.30. The second-order valence-corrected chi connectivity index (χ2v) is 7.10. The lowest BCUT2D eigenvalue weighted by molar-refractivity contribution is 0.519. The van der Waals surface area contributed by atoms with Crippen molar-refractivity contribution in [2.45, 2.75) is 31.1 Å². The fraction of sp³-hybridized carbons (Fsp3) is 0.545. The van der Waals surface area contributed by atoms with Crippen LogP contribution in [0, 0.1) is 0 Å². The number of aromatic nitrogens is 1. The van der Waals surface area contributed by atoms with Crippen LogP contribution in [0.3, 0.4) is 0 Å². The van der Waals surface area contributed by atoms with Crippen molar-refractivity contribution in [3.63, 3.8) is 0 Å². The van der Waals surface area contributed by atoms with Crippen LogP contribution >= 0.6 is 0 Å². The zero-order chi connectivity index (χ0) is 12.6. The van der Waals surface area contributed by atoms with Gasteiger partial charge >= 0.3 is 0 Å². The Morgan fingerprint density at radius 2 is 1.75 bits per heavy atom. The van der Waals surface area contributed by atoms with Crippen LogP contribution in [0.25, 0.3) is 0 Å². The minimum Gasteiger partial charge on any atom is -0.263 e. The van der Waals surface area contributed by atoms with Gasteiger partial charge in [-0.3, -0.25) is 4.98 Å². The zero-order valence-corrected chi connectivity index (χ0v) is 11.2. The fourth-order valence-electron chi connectivity index (χ4n) is 1.18. The van der Waals surface area contributed by atoms with Gasteiger partial charge in [0.2, 0.25) is 10.0 Å². The van der Waals surface area contributed by atoms with E-state index in [4.69, 9.17) is 0 Å². The van der Waals surface area contributed by atoms with E-state index in [9.17, 15) is 8.42 Å². The molecule has 0 aliphatic heterocycles. The molecule has 5 heteroatoms. The predicted octanol–water partition coefficient (Wildman–Crippen LogP) is 1.63. The highest BCUT2D eigenvalue weighted by Gasteiger charge is 2.21. The van der Waals surface area contributed by atoms with Crippen molar-refractivity contribution >= 4 is 10.0 Å². The van der Waals surface area contributed by atoms with Crippen molar-refractivity contribution in [3.8, 4) is 0 Å². The first-order valence-electron chi connectivity index (χ1n) is 5.04. The van der Waals surface area contributed by atoms with Gasteiger partial charge < -0.3 is 0 Å². The van der Waals surface area contributed by atoms with Gasteiger partial charge in [0.15, 0.2) is 0 Å². The lowest BCUT2D eigenvalue weighted by atomic mass is 9.88. The molecule has 0 N–H and O–H groups in total. The van der Waals surface area contributed by atoms with E-state index >= 15 is 0 Å². The predicted molar refractivity (Wildman–Crippen MR) is 63.8 cm³/mol. The summed E-state index contributed by atoms with van der Waals surface area (Å²) in [6.07, 6.45) is 3.08. The Labute approximate surface area is 97.4 Å². The SMILES string of the molecule is CN(C)S(=O)(=O)c1cncc(C(C)(C)C)c1. The smallest absolute Gasteiger partial charge is 0.244 e.